The average molecular weight is 211 g/mol. The lowest BCUT2D eigenvalue weighted by Crippen LogP contribution is -2.10. The lowest BCUT2D eigenvalue weighted by Gasteiger charge is -2.10. The molecule has 2 nitrogen and oxygen atoms in total. The smallest absolute Gasteiger partial charge is 0.384 e. The maximum Gasteiger partial charge on any atom is 0.418 e. The molecule has 1 heterocycles. The van der Waals surface area contributed by atoms with Crippen molar-refractivity contribution < 1.29 is 13.2 Å². The molecule has 0 unspecified atom stereocenters. The first-order chi connectivity index (χ1) is 5.95. The third kappa shape index (κ3) is 2.24. The Hall–Kier alpha value is -0.970. The van der Waals surface area contributed by atoms with E-state index in [4.69, 9.17) is 17.3 Å². The Morgan fingerprint density at radius 3 is 2.46 bits per heavy atom. The molecule has 72 valence electrons. The van der Waals surface area contributed by atoms with Gasteiger partial charge in [-0.05, 0) is 12.1 Å². The van der Waals surface area contributed by atoms with E-state index in [0.29, 0.717) is 0 Å². The second-order valence-corrected chi connectivity index (χ2v) is 2.63. The van der Waals surface area contributed by atoms with E-state index in [9.17, 15) is 13.2 Å². The van der Waals surface area contributed by atoms with Gasteiger partial charge in [0.25, 0.3) is 0 Å². The van der Waals surface area contributed by atoms with Crippen molar-refractivity contribution in [2.45, 2.75) is 12.1 Å². The number of halogens is 4. The highest BCUT2D eigenvalue weighted by Crippen LogP contribution is 2.32. The zero-order valence-electron chi connectivity index (χ0n) is 6.40. The molecule has 0 saturated heterocycles. The number of pyridine rings is 1. The van der Waals surface area contributed by atoms with Crippen molar-refractivity contribution in [3.8, 4) is 0 Å². The van der Waals surface area contributed by atoms with Crippen LogP contribution in [0.15, 0.2) is 12.1 Å². The minimum atomic E-state index is -4.43. The summed E-state index contributed by atoms with van der Waals surface area (Å²) in [5, 5.41) is 0. The van der Waals surface area contributed by atoms with E-state index < -0.39 is 11.7 Å². The summed E-state index contributed by atoms with van der Waals surface area (Å²) in [6, 6.07) is 1.97. The third-order valence-corrected chi connectivity index (χ3v) is 1.68. The first kappa shape index (κ1) is 10.1. The number of rotatable bonds is 1. The van der Waals surface area contributed by atoms with Crippen molar-refractivity contribution >= 4 is 17.4 Å². The Labute approximate surface area is 77.5 Å². The Morgan fingerprint density at radius 1 is 1.38 bits per heavy atom. The normalized spacial score (nSPS) is 11.7. The van der Waals surface area contributed by atoms with Crippen LogP contribution in [0.1, 0.15) is 11.3 Å². The molecule has 0 aliphatic rings. The number of hydrogen-bond acceptors (Lipinski definition) is 2. The predicted molar refractivity (Wildman–Crippen MR) is 43.2 cm³/mol. The van der Waals surface area contributed by atoms with Crippen molar-refractivity contribution in [2.24, 2.45) is 0 Å². The molecule has 0 aliphatic carbocycles. The minimum Gasteiger partial charge on any atom is -0.384 e. The highest BCUT2D eigenvalue weighted by Gasteiger charge is 2.33. The largest absolute Gasteiger partial charge is 0.418 e. The predicted octanol–water partition coefficient (Wildman–Crippen LogP) is 2.42. The van der Waals surface area contributed by atoms with E-state index in [1.54, 1.807) is 0 Å². The van der Waals surface area contributed by atoms with Gasteiger partial charge in [-0.25, -0.2) is 4.98 Å². The van der Waals surface area contributed by atoms with Gasteiger partial charge in [0.15, 0.2) is 0 Å². The van der Waals surface area contributed by atoms with E-state index in [1.165, 1.54) is 0 Å². The second kappa shape index (κ2) is 3.41. The molecule has 1 rings (SSSR count). The molecule has 6 heteroatoms. The molecule has 0 saturated carbocycles. The summed E-state index contributed by atoms with van der Waals surface area (Å²) in [6.07, 6.45) is -4.43. The molecule has 0 spiro atoms. The Balaban J connectivity index is 3.22. The fourth-order valence-electron chi connectivity index (χ4n) is 0.878. The molecule has 13 heavy (non-hydrogen) atoms. The molecule has 0 radical (unpaired) electrons. The van der Waals surface area contributed by atoms with E-state index >= 15 is 0 Å². The number of anilines is 1. The number of alkyl halides is 4. The van der Waals surface area contributed by atoms with Crippen LogP contribution in [0.2, 0.25) is 0 Å². The summed E-state index contributed by atoms with van der Waals surface area (Å²) < 4.78 is 36.7. The number of hydrogen-bond donors (Lipinski definition) is 1. The van der Waals surface area contributed by atoms with Crippen LogP contribution in [0.25, 0.3) is 0 Å². The summed E-state index contributed by atoms with van der Waals surface area (Å²) in [5.41, 5.74) is 4.13. The average Bonchev–Trinajstić information content (AvgIpc) is 2.01. The Morgan fingerprint density at radius 2 is 2.00 bits per heavy atom. The minimum absolute atomic E-state index is 0.0312. The highest BCUT2D eigenvalue weighted by molar-refractivity contribution is 6.17. The molecule has 0 aliphatic heterocycles. The van der Waals surface area contributed by atoms with Crippen molar-refractivity contribution in [1.82, 2.24) is 4.98 Å². The molecule has 1 aromatic heterocycles. The number of nitrogens with zero attached hydrogens (tertiary/aromatic N) is 1. The summed E-state index contributed by atoms with van der Waals surface area (Å²) in [6.45, 7) is 0. The van der Waals surface area contributed by atoms with Gasteiger partial charge < -0.3 is 5.73 Å². The van der Waals surface area contributed by atoms with Gasteiger partial charge in [0.2, 0.25) is 0 Å². The molecule has 0 bridgehead atoms. The van der Waals surface area contributed by atoms with Crippen molar-refractivity contribution in [1.29, 1.82) is 0 Å². The molecule has 0 amide bonds. The summed E-state index contributed by atoms with van der Waals surface area (Å²) in [7, 11) is 0. The van der Waals surface area contributed by atoms with Crippen molar-refractivity contribution in [2.75, 3.05) is 5.73 Å². The first-order valence-electron chi connectivity index (χ1n) is 3.33. The molecular formula is C7H6ClF3N2. The third-order valence-electron chi connectivity index (χ3n) is 1.43. The number of aromatic nitrogens is 1. The summed E-state index contributed by atoms with van der Waals surface area (Å²) in [5.74, 6) is -0.275. The first-order valence-corrected chi connectivity index (χ1v) is 3.87. The molecule has 1 aromatic rings. The number of nitrogen functional groups attached to an aromatic ring is 1. The standard InChI is InChI=1S/C7H6ClF3N2/c8-3-5-4(7(9,10)11)1-2-6(12)13-5/h1-2H,3H2,(H2,12,13). The lowest BCUT2D eigenvalue weighted by molar-refractivity contribution is -0.138. The Kier molecular flexibility index (Phi) is 2.66. The van der Waals surface area contributed by atoms with Crippen LogP contribution in [0.5, 0.6) is 0 Å². The second-order valence-electron chi connectivity index (χ2n) is 2.36. The van der Waals surface area contributed by atoms with Crippen LogP contribution in [0.3, 0.4) is 0 Å². The molecular weight excluding hydrogens is 205 g/mol. The topological polar surface area (TPSA) is 38.9 Å². The monoisotopic (exact) mass is 210 g/mol. The van der Waals surface area contributed by atoms with Gasteiger partial charge in [-0.3, -0.25) is 0 Å². The van der Waals surface area contributed by atoms with E-state index in [1.807, 2.05) is 0 Å². The van der Waals surface area contributed by atoms with Crippen molar-refractivity contribution in [3.05, 3.63) is 23.4 Å². The maximum absolute atomic E-state index is 12.2. The quantitative estimate of drug-likeness (QED) is 0.723. The summed E-state index contributed by atoms with van der Waals surface area (Å²) in [4.78, 5) is 3.48. The zero-order chi connectivity index (χ0) is 10.1. The fourth-order valence-corrected chi connectivity index (χ4v) is 1.08. The molecule has 2 N–H and O–H groups in total. The fraction of sp³-hybridized carbons (Fsp3) is 0.286. The van der Waals surface area contributed by atoms with Gasteiger partial charge in [0, 0.05) is 0 Å². The lowest BCUT2D eigenvalue weighted by atomic mass is 10.2. The van der Waals surface area contributed by atoms with E-state index in [-0.39, 0.29) is 17.4 Å². The van der Waals surface area contributed by atoms with Gasteiger partial charge in [0.05, 0.1) is 17.1 Å². The van der Waals surface area contributed by atoms with Crippen LogP contribution in [0.4, 0.5) is 19.0 Å². The molecule has 0 aromatic carbocycles. The van der Waals surface area contributed by atoms with Crippen LogP contribution in [0, 0.1) is 0 Å². The maximum atomic E-state index is 12.2. The van der Waals surface area contributed by atoms with Gasteiger partial charge >= 0.3 is 6.18 Å². The van der Waals surface area contributed by atoms with Gasteiger partial charge in [-0.1, -0.05) is 0 Å². The van der Waals surface area contributed by atoms with E-state index in [2.05, 4.69) is 4.98 Å². The SMILES string of the molecule is Nc1ccc(C(F)(F)F)c(CCl)n1. The van der Waals surface area contributed by atoms with Crippen LogP contribution < -0.4 is 5.73 Å². The van der Waals surface area contributed by atoms with Crippen LogP contribution in [-0.4, -0.2) is 4.98 Å². The Bertz CT molecular complexity index is 311. The van der Waals surface area contributed by atoms with Crippen LogP contribution in [-0.2, 0) is 12.1 Å². The highest BCUT2D eigenvalue weighted by atomic mass is 35.5. The van der Waals surface area contributed by atoms with Gasteiger partial charge in [0.1, 0.15) is 5.82 Å². The van der Waals surface area contributed by atoms with Gasteiger partial charge in [-0.15, -0.1) is 11.6 Å². The van der Waals surface area contributed by atoms with Crippen LogP contribution >= 0.6 is 11.6 Å². The van der Waals surface area contributed by atoms with Gasteiger partial charge in [-0.2, -0.15) is 13.2 Å². The molecule has 0 atom stereocenters. The molecule has 0 fully saturated rings. The zero-order valence-corrected chi connectivity index (χ0v) is 7.15. The number of nitrogens with two attached hydrogens (primary N) is 1. The summed E-state index contributed by atoms with van der Waals surface area (Å²) >= 11 is 5.29. The van der Waals surface area contributed by atoms with E-state index in [0.717, 1.165) is 12.1 Å². The van der Waals surface area contributed by atoms with Crippen molar-refractivity contribution in [3.63, 3.8) is 0 Å².